The summed E-state index contributed by atoms with van der Waals surface area (Å²) in [6.45, 7) is 5.21. The number of hydrogen-bond donors (Lipinski definition) is 4. The van der Waals surface area contributed by atoms with Gasteiger partial charge in [0.1, 0.15) is 25.4 Å². The lowest BCUT2D eigenvalue weighted by atomic mass is 9.88. The van der Waals surface area contributed by atoms with E-state index in [9.17, 15) is 43.8 Å². The number of aliphatic hydroxyl groups is 1. The van der Waals surface area contributed by atoms with E-state index in [1.54, 1.807) is 24.3 Å². The molecule has 0 radical (unpaired) electrons. The number of esters is 2. The number of carbonyl (C=O) groups is 7. The fraction of sp³-hybridized carbons (Fsp3) is 0.340. The Morgan fingerprint density at radius 1 is 0.882 bits per heavy atom. The fourth-order valence-corrected chi connectivity index (χ4v) is 7.92. The Hall–Kier alpha value is -7.57. The lowest BCUT2D eigenvalue weighted by molar-refractivity contribution is -0.170. The molecule has 4 atom stereocenters. The number of anilines is 1. The molecule has 0 aromatic heterocycles. The molecule has 1 aliphatic carbocycles. The van der Waals surface area contributed by atoms with Crippen molar-refractivity contribution >= 4 is 47.3 Å². The number of ether oxygens (including phenoxy) is 6. The first-order valence-electron chi connectivity index (χ1n) is 21.6. The van der Waals surface area contributed by atoms with Gasteiger partial charge in [0.2, 0.25) is 11.7 Å². The van der Waals surface area contributed by atoms with Gasteiger partial charge in [0.05, 0.1) is 32.8 Å². The Morgan fingerprint density at radius 3 is 2.21 bits per heavy atom. The van der Waals surface area contributed by atoms with Crippen LogP contribution in [0.3, 0.4) is 0 Å². The van der Waals surface area contributed by atoms with Gasteiger partial charge in [-0.3, -0.25) is 14.4 Å². The van der Waals surface area contributed by atoms with Crippen molar-refractivity contribution < 1.29 is 72.2 Å². The molecule has 1 heterocycles. The predicted molar refractivity (Wildman–Crippen MR) is 244 cm³/mol. The van der Waals surface area contributed by atoms with Crippen molar-refractivity contribution in [2.45, 2.75) is 56.9 Å². The van der Waals surface area contributed by atoms with Crippen LogP contribution in [0.4, 0.5) is 10.5 Å². The van der Waals surface area contributed by atoms with E-state index in [4.69, 9.17) is 28.4 Å². The first kappa shape index (κ1) is 49.9. The van der Waals surface area contributed by atoms with Gasteiger partial charge in [-0.05, 0) is 84.3 Å². The highest BCUT2D eigenvalue weighted by atomic mass is 16.6. The number of Topliss-reactive ketones (excluding diaryl/α,β-unsaturated/α-hetero) is 1. The minimum absolute atomic E-state index is 0.0207. The molecule has 4 aromatic rings. The number of fused-ring (bicyclic) bond motifs is 3. The molecule has 0 saturated carbocycles. The standard InChI is InChI=1S/C50H53N3O15/c1-6-41(54)67-28-50(2,3)44(56)46(58)53-22-23-65-27-37(53)48(61)68-38(20-18-29-19-21-39(63-4)40(24-29)64-5)30-12-11-13-31(25-30)51-45(57)42(43(55)47(59)60)52-49(62)66-26-36-34-16-9-7-14-32(34)33-15-8-10-17-35(33)36/h6-17,19,21,24-25,36-38,42-43,55H,1,18,20,22-23,26-28H2,2-5H3,(H,51,57)(H,52,62)(H,59,60)/t37?,38-,42?,43?/m1/s1. The van der Waals surface area contributed by atoms with Crippen molar-refractivity contribution in [3.63, 3.8) is 0 Å². The molecule has 4 N–H and O–H groups in total. The fourth-order valence-electron chi connectivity index (χ4n) is 7.92. The quantitative estimate of drug-likeness (QED) is 0.0404. The second kappa shape index (κ2) is 22.3. The second-order valence-corrected chi connectivity index (χ2v) is 16.6. The molecule has 0 spiro atoms. The van der Waals surface area contributed by atoms with Crippen molar-refractivity contribution in [2.24, 2.45) is 5.41 Å². The minimum atomic E-state index is -2.39. The van der Waals surface area contributed by atoms with Crippen molar-refractivity contribution in [3.8, 4) is 22.6 Å². The van der Waals surface area contributed by atoms with Crippen LogP contribution in [0, 0.1) is 5.41 Å². The Labute approximate surface area is 392 Å². The Bertz CT molecular complexity index is 2510. The van der Waals surface area contributed by atoms with E-state index in [1.165, 1.54) is 46.3 Å². The molecule has 1 saturated heterocycles. The lowest BCUT2D eigenvalue weighted by Crippen LogP contribution is -2.57. The Morgan fingerprint density at radius 2 is 1.56 bits per heavy atom. The van der Waals surface area contributed by atoms with Crippen molar-refractivity contribution in [1.82, 2.24) is 10.2 Å². The number of nitrogens with one attached hydrogen (secondary N) is 2. The van der Waals surface area contributed by atoms with Crippen molar-refractivity contribution in [3.05, 3.63) is 126 Å². The summed E-state index contributed by atoms with van der Waals surface area (Å²) in [6.07, 6.45) is -3.26. The maximum absolute atomic E-state index is 14.1. The van der Waals surface area contributed by atoms with Gasteiger partial charge in [-0.15, -0.1) is 0 Å². The summed E-state index contributed by atoms with van der Waals surface area (Å²) in [7, 11) is 2.98. The molecule has 0 bridgehead atoms. The summed E-state index contributed by atoms with van der Waals surface area (Å²) >= 11 is 0. The van der Waals surface area contributed by atoms with Crippen LogP contribution < -0.4 is 20.1 Å². The number of ketones is 1. The monoisotopic (exact) mass is 935 g/mol. The van der Waals surface area contributed by atoms with E-state index in [1.807, 2.05) is 48.5 Å². The normalized spacial score (nSPS) is 15.5. The molecule has 3 unspecified atom stereocenters. The number of methoxy groups -OCH3 is 2. The van der Waals surface area contributed by atoms with Gasteiger partial charge >= 0.3 is 24.0 Å². The number of aliphatic hydroxyl groups excluding tert-OH is 1. The number of aliphatic carboxylic acids is 1. The van der Waals surface area contributed by atoms with E-state index in [2.05, 4.69) is 17.2 Å². The van der Waals surface area contributed by atoms with Crippen LogP contribution in [0.1, 0.15) is 54.5 Å². The molecular weight excluding hydrogens is 883 g/mol. The molecule has 4 aromatic carbocycles. The number of amides is 3. The minimum Gasteiger partial charge on any atom is -0.493 e. The summed E-state index contributed by atoms with van der Waals surface area (Å²) in [5.74, 6) is -5.92. The van der Waals surface area contributed by atoms with E-state index in [0.717, 1.165) is 38.8 Å². The van der Waals surface area contributed by atoms with Crippen LogP contribution in [0.5, 0.6) is 11.5 Å². The molecule has 358 valence electrons. The van der Waals surface area contributed by atoms with Crippen LogP contribution in [-0.4, -0.2) is 122 Å². The van der Waals surface area contributed by atoms with E-state index >= 15 is 0 Å². The average molecular weight is 936 g/mol. The number of benzene rings is 4. The third-order valence-corrected chi connectivity index (χ3v) is 11.6. The maximum Gasteiger partial charge on any atom is 0.407 e. The van der Waals surface area contributed by atoms with Crippen LogP contribution in [0.2, 0.25) is 0 Å². The number of morpholine rings is 1. The molecular formula is C50H53N3O15. The van der Waals surface area contributed by atoms with E-state index in [0.29, 0.717) is 23.5 Å². The number of hydrogen-bond acceptors (Lipinski definition) is 14. The van der Waals surface area contributed by atoms with Gasteiger partial charge in [0.15, 0.2) is 23.6 Å². The SMILES string of the molecule is C=CC(=O)OCC(C)(C)C(=O)C(=O)N1CCOCC1C(=O)O[C@H](CCc1ccc(OC)c(OC)c1)c1cccc(NC(=O)C(NC(=O)OCC2c3ccccc3-c3ccccc32)C(O)C(=O)O)c1. The number of aryl methyl sites for hydroxylation is 1. The third-order valence-electron chi connectivity index (χ3n) is 11.6. The zero-order valence-corrected chi connectivity index (χ0v) is 37.9. The first-order valence-corrected chi connectivity index (χ1v) is 21.6. The van der Waals surface area contributed by atoms with Crippen molar-refractivity contribution in [2.75, 3.05) is 52.5 Å². The number of carboxylic acids is 1. The summed E-state index contributed by atoms with van der Waals surface area (Å²) in [5, 5.41) is 25.1. The summed E-state index contributed by atoms with van der Waals surface area (Å²) < 4.78 is 33.1. The Balaban J connectivity index is 1.20. The number of alkyl carbamates (subject to hydrolysis) is 1. The maximum atomic E-state index is 14.1. The number of carboxylic acid groups (broad SMARTS) is 1. The molecule has 6 rings (SSSR count). The predicted octanol–water partition coefficient (Wildman–Crippen LogP) is 4.76. The molecule has 3 amide bonds. The molecule has 1 aliphatic heterocycles. The van der Waals surface area contributed by atoms with Gasteiger partial charge in [0, 0.05) is 24.2 Å². The summed E-state index contributed by atoms with van der Waals surface area (Å²) in [4.78, 5) is 93.1. The smallest absolute Gasteiger partial charge is 0.407 e. The topological polar surface area (TPSA) is 243 Å². The van der Waals surface area contributed by atoms with Crippen molar-refractivity contribution in [1.29, 1.82) is 0 Å². The lowest BCUT2D eigenvalue weighted by Gasteiger charge is -2.36. The molecule has 18 nitrogen and oxygen atoms in total. The molecule has 68 heavy (non-hydrogen) atoms. The van der Waals surface area contributed by atoms with Gasteiger partial charge in [0.25, 0.3) is 5.91 Å². The largest absolute Gasteiger partial charge is 0.493 e. The van der Waals surface area contributed by atoms with Gasteiger partial charge in [-0.25, -0.2) is 19.2 Å². The first-order chi connectivity index (χ1) is 32.6. The summed E-state index contributed by atoms with van der Waals surface area (Å²) in [5.41, 5.74) is 3.52. The summed E-state index contributed by atoms with van der Waals surface area (Å²) in [6, 6.07) is 23.2. The van der Waals surface area contributed by atoms with Crippen LogP contribution >= 0.6 is 0 Å². The number of carbonyl (C=O) groups excluding carboxylic acids is 6. The number of rotatable bonds is 20. The van der Waals surface area contributed by atoms with Crippen LogP contribution in [-0.2, 0) is 54.1 Å². The van der Waals surface area contributed by atoms with Gasteiger partial charge in [-0.2, -0.15) is 0 Å². The van der Waals surface area contributed by atoms with E-state index < -0.39 is 77.9 Å². The van der Waals surface area contributed by atoms with Gasteiger partial charge < -0.3 is 54.2 Å². The van der Waals surface area contributed by atoms with E-state index in [-0.39, 0.29) is 44.4 Å². The Kier molecular flexibility index (Phi) is 16.3. The highest BCUT2D eigenvalue weighted by Crippen LogP contribution is 2.44. The molecule has 1 fully saturated rings. The zero-order chi connectivity index (χ0) is 49.1. The highest BCUT2D eigenvalue weighted by Gasteiger charge is 2.43. The van der Waals surface area contributed by atoms with Crippen LogP contribution in [0.15, 0.2) is 104 Å². The molecule has 2 aliphatic rings. The second-order valence-electron chi connectivity index (χ2n) is 16.6. The number of nitrogens with zero attached hydrogens (tertiary/aromatic N) is 1. The highest BCUT2D eigenvalue weighted by molar-refractivity contribution is 6.38. The average Bonchev–Trinajstić information content (AvgIpc) is 3.67. The van der Waals surface area contributed by atoms with Gasteiger partial charge in [-0.1, -0.05) is 73.3 Å². The van der Waals surface area contributed by atoms with Crippen LogP contribution in [0.25, 0.3) is 11.1 Å². The zero-order valence-electron chi connectivity index (χ0n) is 37.9. The third kappa shape index (κ3) is 11.7. The molecule has 18 heteroatoms.